The number of amides is 1. The second-order valence-corrected chi connectivity index (χ2v) is 6.50. The van der Waals surface area contributed by atoms with E-state index in [2.05, 4.69) is 19.2 Å². The lowest BCUT2D eigenvalue weighted by Crippen LogP contribution is -2.47. The van der Waals surface area contributed by atoms with Gasteiger partial charge in [0.1, 0.15) is 0 Å². The third-order valence-electron chi connectivity index (χ3n) is 3.49. The highest BCUT2D eigenvalue weighted by Crippen LogP contribution is 2.28. The summed E-state index contributed by atoms with van der Waals surface area (Å²) in [6.45, 7) is 4.53. The molecule has 100 valence electrons. The first-order valence-corrected chi connectivity index (χ1v) is 7.97. The molecule has 0 aromatic rings. The quantitative estimate of drug-likeness (QED) is 0.793. The predicted molar refractivity (Wildman–Crippen MR) is 75.1 cm³/mol. The van der Waals surface area contributed by atoms with Gasteiger partial charge in [0.2, 0.25) is 5.91 Å². The normalized spacial score (nSPS) is 30.9. The molecular weight excluding hydrogens is 232 g/mol. The van der Waals surface area contributed by atoms with Gasteiger partial charge < -0.3 is 11.1 Å². The molecule has 3 N–H and O–H groups in total. The predicted octanol–water partition coefficient (Wildman–Crippen LogP) is 2.01. The summed E-state index contributed by atoms with van der Waals surface area (Å²) < 4.78 is 0. The lowest BCUT2D eigenvalue weighted by Gasteiger charge is -2.32. The van der Waals surface area contributed by atoms with Crippen molar-refractivity contribution in [1.29, 1.82) is 0 Å². The van der Waals surface area contributed by atoms with Crippen molar-refractivity contribution in [2.75, 3.05) is 12.0 Å². The first-order valence-electron chi connectivity index (χ1n) is 6.57. The second-order valence-electron chi connectivity index (χ2n) is 5.51. The Hall–Kier alpha value is -0.220. The van der Waals surface area contributed by atoms with Crippen LogP contribution in [0.4, 0.5) is 0 Å². The molecular formula is C13H26N2OS. The van der Waals surface area contributed by atoms with Crippen LogP contribution in [0.2, 0.25) is 0 Å². The van der Waals surface area contributed by atoms with Crippen LogP contribution in [-0.2, 0) is 4.79 Å². The van der Waals surface area contributed by atoms with E-state index in [-0.39, 0.29) is 11.9 Å². The molecule has 0 aromatic carbocycles. The minimum atomic E-state index is -0.338. The van der Waals surface area contributed by atoms with E-state index in [1.54, 1.807) is 11.8 Å². The average molecular weight is 258 g/mol. The summed E-state index contributed by atoms with van der Waals surface area (Å²) in [6.07, 6.45) is 6.29. The van der Waals surface area contributed by atoms with Gasteiger partial charge in [-0.2, -0.15) is 11.8 Å². The molecule has 1 rings (SSSR count). The third-order valence-corrected chi connectivity index (χ3v) is 4.14. The number of nitrogens with one attached hydrogen (secondary N) is 1. The summed E-state index contributed by atoms with van der Waals surface area (Å²) in [7, 11) is 0. The van der Waals surface area contributed by atoms with E-state index in [4.69, 9.17) is 5.73 Å². The molecule has 0 aromatic heterocycles. The van der Waals surface area contributed by atoms with Gasteiger partial charge in [-0.05, 0) is 49.5 Å². The van der Waals surface area contributed by atoms with Gasteiger partial charge in [0.05, 0.1) is 6.04 Å². The van der Waals surface area contributed by atoms with Crippen LogP contribution < -0.4 is 11.1 Å². The summed E-state index contributed by atoms with van der Waals surface area (Å²) in [5.74, 6) is 2.41. The number of carbonyl (C=O) groups is 1. The van der Waals surface area contributed by atoms with Crippen molar-refractivity contribution in [2.24, 2.45) is 17.6 Å². The van der Waals surface area contributed by atoms with Crippen LogP contribution in [-0.4, -0.2) is 30.0 Å². The van der Waals surface area contributed by atoms with Gasteiger partial charge in [0.25, 0.3) is 0 Å². The molecule has 1 aliphatic rings. The summed E-state index contributed by atoms with van der Waals surface area (Å²) in [5, 5.41) is 3.12. The number of hydrogen-bond donors (Lipinski definition) is 2. The molecule has 2 unspecified atom stereocenters. The van der Waals surface area contributed by atoms with Crippen molar-refractivity contribution in [1.82, 2.24) is 5.32 Å². The number of hydrogen-bond acceptors (Lipinski definition) is 3. The SMILES string of the molecule is CSCC[C@H](N)C(=O)NC1CC(C)CC(C)C1. The number of rotatable bonds is 5. The van der Waals surface area contributed by atoms with E-state index < -0.39 is 0 Å². The van der Waals surface area contributed by atoms with Gasteiger partial charge in [-0.15, -0.1) is 0 Å². The van der Waals surface area contributed by atoms with Crippen LogP contribution in [0.25, 0.3) is 0 Å². The maximum Gasteiger partial charge on any atom is 0.237 e. The lowest BCUT2D eigenvalue weighted by molar-refractivity contribution is -0.123. The van der Waals surface area contributed by atoms with Crippen LogP contribution in [0.15, 0.2) is 0 Å². The third kappa shape index (κ3) is 5.30. The van der Waals surface area contributed by atoms with Crippen LogP contribution in [0.5, 0.6) is 0 Å². The maximum absolute atomic E-state index is 11.9. The fraction of sp³-hybridized carbons (Fsp3) is 0.923. The molecule has 0 bridgehead atoms. The highest BCUT2D eigenvalue weighted by molar-refractivity contribution is 7.98. The Morgan fingerprint density at radius 1 is 1.35 bits per heavy atom. The van der Waals surface area contributed by atoms with Gasteiger partial charge in [0, 0.05) is 6.04 Å². The van der Waals surface area contributed by atoms with E-state index in [0.29, 0.717) is 17.9 Å². The van der Waals surface area contributed by atoms with Crippen LogP contribution in [0.1, 0.15) is 39.5 Å². The van der Waals surface area contributed by atoms with Crippen molar-refractivity contribution in [3.63, 3.8) is 0 Å². The van der Waals surface area contributed by atoms with Crippen LogP contribution >= 0.6 is 11.8 Å². The Balaban J connectivity index is 2.34. The first-order chi connectivity index (χ1) is 8.02. The summed E-state index contributed by atoms with van der Waals surface area (Å²) >= 11 is 1.73. The minimum absolute atomic E-state index is 0.0327. The Bertz CT molecular complexity index is 238. The standard InChI is InChI=1S/C13H26N2OS/c1-9-6-10(2)8-11(7-9)15-13(16)12(14)4-5-17-3/h9-12H,4-8,14H2,1-3H3,(H,15,16)/t9?,10?,11?,12-/m0/s1. The Morgan fingerprint density at radius 2 is 1.94 bits per heavy atom. The molecule has 1 amide bonds. The first kappa shape index (κ1) is 14.8. The monoisotopic (exact) mass is 258 g/mol. The fourth-order valence-electron chi connectivity index (χ4n) is 2.75. The molecule has 0 saturated heterocycles. The molecule has 1 saturated carbocycles. The zero-order valence-corrected chi connectivity index (χ0v) is 12.1. The Morgan fingerprint density at radius 3 is 2.47 bits per heavy atom. The van der Waals surface area contributed by atoms with E-state index in [1.165, 1.54) is 6.42 Å². The largest absolute Gasteiger partial charge is 0.352 e. The van der Waals surface area contributed by atoms with E-state index in [9.17, 15) is 4.79 Å². The summed E-state index contributed by atoms with van der Waals surface area (Å²) in [4.78, 5) is 11.9. The van der Waals surface area contributed by atoms with Gasteiger partial charge in [-0.25, -0.2) is 0 Å². The van der Waals surface area contributed by atoms with Gasteiger partial charge in [-0.1, -0.05) is 13.8 Å². The Kier molecular flexibility index (Phi) is 6.34. The number of nitrogens with two attached hydrogens (primary N) is 1. The van der Waals surface area contributed by atoms with E-state index >= 15 is 0 Å². The maximum atomic E-state index is 11.9. The smallest absolute Gasteiger partial charge is 0.237 e. The average Bonchev–Trinajstić information content (AvgIpc) is 2.24. The highest BCUT2D eigenvalue weighted by atomic mass is 32.2. The van der Waals surface area contributed by atoms with Crippen molar-refractivity contribution in [2.45, 2.75) is 51.6 Å². The minimum Gasteiger partial charge on any atom is -0.352 e. The zero-order valence-electron chi connectivity index (χ0n) is 11.2. The van der Waals surface area contributed by atoms with E-state index in [1.807, 2.05) is 6.26 Å². The summed E-state index contributed by atoms with van der Waals surface area (Å²) in [6, 6.07) is -0.00318. The molecule has 1 fully saturated rings. The molecule has 0 aliphatic heterocycles. The lowest BCUT2D eigenvalue weighted by atomic mass is 9.80. The van der Waals surface area contributed by atoms with Crippen molar-refractivity contribution in [3.05, 3.63) is 0 Å². The number of thioether (sulfide) groups is 1. The zero-order chi connectivity index (χ0) is 12.8. The fourth-order valence-corrected chi connectivity index (χ4v) is 3.24. The van der Waals surface area contributed by atoms with Crippen molar-refractivity contribution < 1.29 is 4.79 Å². The van der Waals surface area contributed by atoms with Crippen LogP contribution in [0, 0.1) is 11.8 Å². The van der Waals surface area contributed by atoms with Gasteiger partial charge in [-0.3, -0.25) is 4.79 Å². The molecule has 3 atom stereocenters. The van der Waals surface area contributed by atoms with E-state index in [0.717, 1.165) is 25.0 Å². The second kappa shape index (κ2) is 7.27. The highest BCUT2D eigenvalue weighted by Gasteiger charge is 2.26. The summed E-state index contributed by atoms with van der Waals surface area (Å²) in [5.41, 5.74) is 5.86. The molecule has 4 heteroatoms. The van der Waals surface area contributed by atoms with Crippen molar-refractivity contribution >= 4 is 17.7 Å². The molecule has 0 radical (unpaired) electrons. The Labute approximate surface area is 109 Å². The number of carbonyl (C=O) groups excluding carboxylic acids is 1. The molecule has 3 nitrogen and oxygen atoms in total. The van der Waals surface area contributed by atoms with Gasteiger partial charge >= 0.3 is 0 Å². The molecule has 1 aliphatic carbocycles. The molecule has 17 heavy (non-hydrogen) atoms. The topological polar surface area (TPSA) is 55.1 Å². The van der Waals surface area contributed by atoms with Gasteiger partial charge in [0.15, 0.2) is 0 Å². The molecule has 0 spiro atoms. The van der Waals surface area contributed by atoms with Crippen LogP contribution in [0.3, 0.4) is 0 Å². The van der Waals surface area contributed by atoms with Crippen molar-refractivity contribution in [3.8, 4) is 0 Å². The molecule has 0 heterocycles.